The molecule has 0 saturated heterocycles. The summed E-state index contributed by atoms with van der Waals surface area (Å²) in [4.78, 5) is 35.8. The van der Waals surface area contributed by atoms with Gasteiger partial charge in [-0.1, -0.05) is 18.2 Å². The molecule has 28 heavy (non-hydrogen) atoms. The number of para-hydroxylation sites is 1. The molecule has 0 aliphatic heterocycles. The third-order valence-corrected chi connectivity index (χ3v) is 4.50. The second-order valence-corrected chi connectivity index (χ2v) is 6.18. The summed E-state index contributed by atoms with van der Waals surface area (Å²) in [5.74, 6) is -2.49. The third-order valence-electron chi connectivity index (χ3n) is 4.50. The van der Waals surface area contributed by atoms with Gasteiger partial charge in [-0.3, -0.25) is 19.7 Å². The van der Waals surface area contributed by atoms with Crippen LogP contribution in [0.1, 0.15) is 31.8 Å². The first-order valence-electron chi connectivity index (χ1n) is 8.17. The van der Waals surface area contributed by atoms with E-state index >= 15 is 0 Å². The Kier molecular flexibility index (Phi) is 3.82. The molecule has 0 spiro atoms. The molecule has 0 amide bonds. The smallest absolute Gasteiger partial charge is 0.311 e. The quantitative estimate of drug-likeness (QED) is 0.283. The van der Waals surface area contributed by atoms with E-state index in [9.17, 15) is 29.9 Å². The molecule has 138 valence electrons. The van der Waals surface area contributed by atoms with Crippen LogP contribution < -0.4 is 5.32 Å². The van der Waals surface area contributed by atoms with E-state index in [2.05, 4.69) is 5.32 Å². The predicted molar refractivity (Wildman–Crippen MR) is 99.5 cm³/mol. The molecule has 4 rings (SSSR count). The zero-order chi connectivity index (χ0) is 20.0. The van der Waals surface area contributed by atoms with Crippen molar-refractivity contribution in [3.8, 4) is 11.5 Å². The second kappa shape index (κ2) is 6.20. The summed E-state index contributed by atoms with van der Waals surface area (Å²) in [6, 6.07) is 13.5. The zero-order valence-corrected chi connectivity index (χ0v) is 14.2. The summed E-state index contributed by atoms with van der Waals surface area (Å²) in [6.45, 7) is 0. The normalized spacial score (nSPS) is 12.3. The van der Waals surface area contributed by atoms with Crippen molar-refractivity contribution in [2.75, 3.05) is 5.32 Å². The lowest BCUT2D eigenvalue weighted by Crippen LogP contribution is -2.21. The molecule has 0 aromatic heterocycles. The van der Waals surface area contributed by atoms with Crippen LogP contribution in [-0.4, -0.2) is 26.7 Å². The number of nitrogens with one attached hydrogen (secondary N) is 1. The van der Waals surface area contributed by atoms with Crippen molar-refractivity contribution in [2.45, 2.75) is 0 Å². The minimum absolute atomic E-state index is 0.0296. The van der Waals surface area contributed by atoms with E-state index in [1.165, 1.54) is 6.07 Å². The van der Waals surface area contributed by atoms with Gasteiger partial charge in [-0.05, 0) is 30.3 Å². The number of aromatic hydroxyl groups is 2. The average molecular weight is 376 g/mol. The highest BCUT2D eigenvalue weighted by atomic mass is 16.6. The van der Waals surface area contributed by atoms with Crippen LogP contribution in [0.15, 0.2) is 54.6 Å². The number of carbonyl (C=O) groups is 2. The molecule has 3 aromatic rings. The number of phenolic OH excluding ortho intramolecular Hbond substituents is 2. The molecule has 0 saturated carbocycles. The first kappa shape index (κ1) is 17.2. The lowest BCUT2D eigenvalue weighted by atomic mass is 9.83. The maximum absolute atomic E-state index is 12.9. The van der Waals surface area contributed by atoms with Crippen molar-refractivity contribution in [3.63, 3.8) is 0 Å². The van der Waals surface area contributed by atoms with Gasteiger partial charge in [-0.25, -0.2) is 0 Å². The van der Waals surface area contributed by atoms with E-state index < -0.39 is 33.5 Å². The number of phenols is 2. The van der Waals surface area contributed by atoms with Crippen molar-refractivity contribution in [1.29, 1.82) is 0 Å². The number of carbonyl (C=O) groups excluding carboxylic acids is 2. The van der Waals surface area contributed by atoms with E-state index in [4.69, 9.17) is 0 Å². The van der Waals surface area contributed by atoms with Gasteiger partial charge in [0.2, 0.25) is 5.75 Å². The largest absolute Gasteiger partial charge is 0.506 e. The number of hydrogen-bond donors (Lipinski definition) is 3. The highest BCUT2D eigenvalue weighted by molar-refractivity contribution is 6.30. The lowest BCUT2D eigenvalue weighted by Gasteiger charge is -2.20. The molecule has 8 heteroatoms. The molecule has 0 fully saturated rings. The Morgan fingerprint density at radius 3 is 2.21 bits per heavy atom. The van der Waals surface area contributed by atoms with Crippen LogP contribution in [0.5, 0.6) is 11.5 Å². The lowest BCUT2D eigenvalue weighted by molar-refractivity contribution is -0.385. The van der Waals surface area contributed by atoms with Gasteiger partial charge < -0.3 is 15.5 Å². The first-order chi connectivity index (χ1) is 13.4. The van der Waals surface area contributed by atoms with Gasteiger partial charge in [0.05, 0.1) is 16.2 Å². The van der Waals surface area contributed by atoms with E-state index in [0.717, 1.165) is 18.2 Å². The molecule has 0 bridgehead atoms. The van der Waals surface area contributed by atoms with Crippen molar-refractivity contribution < 1.29 is 24.7 Å². The Balaban J connectivity index is 1.85. The number of nitro benzene ring substituents is 1. The molecule has 1 aliphatic rings. The van der Waals surface area contributed by atoms with Crippen LogP contribution in [0.4, 0.5) is 17.1 Å². The van der Waals surface area contributed by atoms with Crippen LogP contribution in [0.3, 0.4) is 0 Å². The number of anilines is 2. The van der Waals surface area contributed by atoms with Gasteiger partial charge in [0.1, 0.15) is 5.75 Å². The molecule has 3 N–H and O–H groups in total. The van der Waals surface area contributed by atoms with Gasteiger partial charge in [-0.2, -0.15) is 0 Å². The number of fused-ring (bicyclic) bond motifs is 2. The van der Waals surface area contributed by atoms with E-state index in [1.807, 2.05) is 6.07 Å². The molecule has 0 atom stereocenters. The van der Waals surface area contributed by atoms with Gasteiger partial charge in [0.15, 0.2) is 11.6 Å². The van der Waals surface area contributed by atoms with Crippen molar-refractivity contribution >= 4 is 28.6 Å². The Hall–Kier alpha value is -4.20. The summed E-state index contributed by atoms with van der Waals surface area (Å²) in [5, 5.41) is 34.4. The van der Waals surface area contributed by atoms with Gasteiger partial charge in [0.25, 0.3) is 0 Å². The molecule has 8 nitrogen and oxygen atoms in total. The number of hydrogen-bond acceptors (Lipinski definition) is 7. The van der Waals surface area contributed by atoms with E-state index in [-0.39, 0.29) is 28.1 Å². The third kappa shape index (κ3) is 2.55. The number of nitro groups is 1. The number of ketones is 2. The van der Waals surface area contributed by atoms with E-state index in [1.54, 1.807) is 24.3 Å². The van der Waals surface area contributed by atoms with Crippen LogP contribution in [-0.2, 0) is 0 Å². The Morgan fingerprint density at radius 2 is 1.54 bits per heavy atom. The molecule has 0 unspecified atom stereocenters. The van der Waals surface area contributed by atoms with Crippen LogP contribution >= 0.6 is 0 Å². The second-order valence-electron chi connectivity index (χ2n) is 6.18. The van der Waals surface area contributed by atoms with E-state index in [0.29, 0.717) is 5.69 Å². The van der Waals surface area contributed by atoms with Gasteiger partial charge in [0, 0.05) is 28.4 Å². The summed E-state index contributed by atoms with van der Waals surface area (Å²) in [6.07, 6.45) is 0. The fraction of sp³-hybridized carbons (Fsp3) is 0. The highest BCUT2D eigenvalue weighted by Crippen LogP contribution is 2.41. The van der Waals surface area contributed by atoms with Crippen LogP contribution in [0, 0.1) is 10.1 Å². The number of nitrogens with zero attached hydrogens (tertiary/aromatic N) is 1. The Morgan fingerprint density at radius 1 is 0.857 bits per heavy atom. The fourth-order valence-electron chi connectivity index (χ4n) is 3.17. The minimum atomic E-state index is -0.863. The highest BCUT2D eigenvalue weighted by Gasteiger charge is 2.36. The van der Waals surface area contributed by atoms with Crippen LogP contribution in [0.25, 0.3) is 0 Å². The number of rotatable bonds is 3. The van der Waals surface area contributed by atoms with Crippen molar-refractivity contribution in [3.05, 3.63) is 87.0 Å². The predicted octanol–water partition coefficient (Wildman–Crippen LogP) is 3.53. The number of benzene rings is 3. The fourth-order valence-corrected chi connectivity index (χ4v) is 3.17. The summed E-state index contributed by atoms with van der Waals surface area (Å²) in [7, 11) is 0. The van der Waals surface area contributed by atoms with Gasteiger partial charge in [-0.15, -0.1) is 0 Å². The monoisotopic (exact) mass is 376 g/mol. The zero-order valence-electron chi connectivity index (χ0n) is 14.2. The molecule has 1 aliphatic carbocycles. The Labute approximate surface area is 157 Å². The summed E-state index contributed by atoms with van der Waals surface area (Å²) >= 11 is 0. The maximum Gasteiger partial charge on any atom is 0.311 e. The molecule has 0 heterocycles. The van der Waals surface area contributed by atoms with Gasteiger partial charge >= 0.3 is 5.69 Å². The maximum atomic E-state index is 12.9. The Bertz CT molecular complexity index is 1170. The standard InChI is InChI=1S/C20H12N2O6/c23-16-9-13-12(8-14(16)21-10-4-2-1-3-5-10)18(24)11-6-7-15(22(27)28)20(26)17(11)19(13)25/h1-9,21,23,26H. The SMILES string of the molecule is O=C1c2cc(Nc3ccccc3)c(O)cc2C(=O)c2c1ccc([N+](=O)[O-])c2O. The topological polar surface area (TPSA) is 130 Å². The summed E-state index contributed by atoms with van der Waals surface area (Å²) in [5.41, 5.74) is -0.449. The van der Waals surface area contributed by atoms with Crippen molar-refractivity contribution in [2.24, 2.45) is 0 Å². The summed E-state index contributed by atoms with van der Waals surface area (Å²) < 4.78 is 0. The molecule has 3 aromatic carbocycles. The minimum Gasteiger partial charge on any atom is -0.506 e. The molecular weight excluding hydrogens is 364 g/mol. The average Bonchev–Trinajstić information content (AvgIpc) is 2.67. The molecule has 0 radical (unpaired) electrons. The van der Waals surface area contributed by atoms with Crippen LogP contribution in [0.2, 0.25) is 0 Å². The molecular formula is C20H12N2O6. The van der Waals surface area contributed by atoms with Crippen molar-refractivity contribution in [1.82, 2.24) is 0 Å². The first-order valence-corrected chi connectivity index (χ1v) is 8.17.